The Morgan fingerprint density at radius 1 is 1.14 bits per heavy atom. The fourth-order valence-electron chi connectivity index (χ4n) is 2.16. The normalized spacial score (nSPS) is 10.3. The summed E-state index contributed by atoms with van der Waals surface area (Å²) in [6, 6.07) is 7.96. The van der Waals surface area contributed by atoms with Crippen molar-refractivity contribution in [2.24, 2.45) is 0 Å². The first kappa shape index (κ1) is 19.7. The molecule has 144 valence electrons. The number of ether oxygens (including phenoxy) is 1. The van der Waals surface area contributed by atoms with Gasteiger partial charge >= 0.3 is 5.97 Å². The van der Waals surface area contributed by atoms with Crippen molar-refractivity contribution in [3.8, 4) is 11.3 Å². The average Bonchev–Trinajstić information content (AvgIpc) is 3.35. The van der Waals surface area contributed by atoms with Crippen molar-refractivity contribution in [2.75, 3.05) is 23.8 Å². The van der Waals surface area contributed by atoms with Gasteiger partial charge in [0.2, 0.25) is 0 Å². The van der Waals surface area contributed by atoms with E-state index in [-0.39, 0.29) is 5.69 Å². The summed E-state index contributed by atoms with van der Waals surface area (Å²) >= 11 is 2.58. The molecule has 2 aromatic heterocycles. The Hall–Kier alpha value is -3.04. The zero-order valence-electron chi connectivity index (χ0n) is 15.1. The molecule has 2 heterocycles. The van der Waals surface area contributed by atoms with Gasteiger partial charge in [0.15, 0.2) is 22.6 Å². The molecule has 0 fully saturated rings. The lowest BCUT2D eigenvalue weighted by molar-refractivity contribution is -0.119. The summed E-state index contributed by atoms with van der Waals surface area (Å²) in [5, 5.41) is 10.1. The molecule has 9 heteroatoms. The minimum atomic E-state index is -0.655. The third-order valence-electron chi connectivity index (χ3n) is 3.54. The number of esters is 1. The van der Waals surface area contributed by atoms with E-state index in [9.17, 15) is 9.59 Å². The largest absolute Gasteiger partial charge is 0.451 e. The van der Waals surface area contributed by atoms with E-state index in [0.29, 0.717) is 16.8 Å². The third kappa shape index (κ3) is 5.24. The fraction of sp³-hybridized carbons (Fsp3) is 0.158. The molecule has 0 spiro atoms. The highest BCUT2D eigenvalue weighted by atomic mass is 32.1. The molecule has 0 saturated carbocycles. The lowest BCUT2D eigenvalue weighted by Gasteiger charge is -2.03. The number of nitrogens with one attached hydrogen (secondary N) is 2. The van der Waals surface area contributed by atoms with Crippen molar-refractivity contribution in [1.82, 2.24) is 9.97 Å². The van der Waals surface area contributed by atoms with Gasteiger partial charge in [0.25, 0.3) is 5.91 Å². The van der Waals surface area contributed by atoms with Crippen molar-refractivity contribution >= 4 is 44.8 Å². The number of amides is 1. The molecule has 3 aromatic rings. The van der Waals surface area contributed by atoms with Crippen molar-refractivity contribution in [3.05, 3.63) is 58.9 Å². The molecule has 0 radical (unpaired) electrons. The van der Waals surface area contributed by atoms with E-state index < -0.39 is 18.5 Å². The topological polar surface area (TPSA) is 93.2 Å². The molecular formula is C19H18N4O3S2. The first-order chi connectivity index (χ1) is 13.5. The van der Waals surface area contributed by atoms with Gasteiger partial charge in [-0.25, -0.2) is 14.8 Å². The van der Waals surface area contributed by atoms with Gasteiger partial charge in [-0.05, 0) is 6.92 Å². The quantitative estimate of drug-likeness (QED) is 0.428. The molecule has 0 aliphatic heterocycles. The van der Waals surface area contributed by atoms with Gasteiger partial charge in [0.05, 0.1) is 5.69 Å². The molecule has 1 aromatic carbocycles. The van der Waals surface area contributed by atoms with E-state index in [1.165, 1.54) is 22.7 Å². The van der Waals surface area contributed by atoms with Crippen molar-refractivity contribution in [3.63, 3.8) is 0 Å². The van der Waals surface area contributed by atoms with Crippen LogP contribution in [0.4, 0.5) is 10.3 Å². The number of hydrogen-bond acceptors (Lipinski definition) is 8. The van der Waals surface area contributed by atoms with Gasteiger partial charge in [-0.2, -0.15) is 0 Å². The van der Waals surface area contributed by atoms with Gasteiger partial charge in [-0.3, -0.25) is 10.1 Å². The van der Waals surface area contributed by atoms with Gasteiger partial charge in [0, 0.05) is 22.9 Å². The van der Waals surface area contributed by atoms with Crippen LogP contribution in [0, 0.1) is 6.92 Å². The molecule has 1 amide bonds. The molecule has 0 atom stereocenters. The van der Waals surface area contributed by atoms with Gasteiger partial charge in [-0.1, -0.05) is 35.9 Å². The van der Waals surface area contributed by atoms with Gasteiger partial charge in [-0.15, -0.1) is 29.3 Å². The lowest BCUT2D eigenvalue weighted by Crippen LogP contribution is -2.21. The van der Waals surface area contributed by atoms with Crippen molar-refractivity contribution in [2.45, 2.75) is 6.92 Å². The molecule has 2 N–H and O–H groups in total. The van der Waals surface area contributed by atoms with E-state index in [2.05, 4.69) is 27.2 Å². The number of carbonyl (C=O) groups excluding carboxylic acids is 2. The van der Waals surface area contributed by atoms with Crippen LogP contribution in [0.3, 0.4) is 0 Å². The SMILES string of the molecule is C=CCNc1nc(C(=O)OCC(=O)Nc2nc(-c3ccc(C)cc3)cs2)cs1. The maximum absolute atomic E-state index is 12.0. The third-order valence-corrected chi connectivity index (χ3v) is 5.10. The second-order valence-corrected chi connectivity index (χ2v) is 7.45. The first-order valence-corrected chi connectivity index (χ1v) is 10.1. The Balaban J connectivity index is 1.50. The standard InChI is InChI=1S/C19H18N4O3S2/c1-3-8-20-18-22-15(11-27-18)17(25)26-9-16(24)23-19-21-14(10-28-19)13-6-4-12(2)5-7-13/h3-7,10-11H,1,8-9H2,2H3,(H,20,22)(H,21,23,24). The average molecular weight is 415 g/mol. The molecule has 0 bridgehead atoms. The summed E-state index contributed by atoms with van der Waals surface area (Å²) in [6.45, 7) is 5.75. The number of carbonyl (C=O) groups is 2. The second kappa shape index (κ2) is 9.25. The van der Waals surface area contributed by atoms with E-state index in [1.807, 2.05) is 36.6 Å². The Morgan fingerprint density at radius 3 is 2.64 bits per heavy atom. The highest BCUT2D eigenvalue weighted by molar-refractivity contribution is 7.14. The minimum Gasteiger partial charge on any atom is -0.451 e. The van der Waals surface area contributed by atoms with Crippen LogP contribution < -0.4 is 10.6 Å². The predicted molar refractivity (Wildman–Crippen MR) is 112 cm³/mol. The Morgan fingerprint density at radius 2 is 1.89 bits per heavy atom. The molecule has 0 aliphatic carbocycles. The van der Waals surface area contributed by atoms with Crippen LogP contribution in [0.5, 0.6) is 0 Å². The van der Waals surface area contributed by atoms with Crippen LogP contribution in [-0.4, -0.2) is 35.0 Å². The van der Waals surface area contributed by atoms with E-state index >= 15 is 0 Å². The molecular weight excluding hydrogens is 396 g/mol. The Bertz CT molecular complexity index is 979. The van der Waals surface area contributed by atoms with E-state index in [1.54, 1.807) is 11.5 Å². The molecule has 0 saturated heterocycles. The van der Waals surface area contributed by atoms with Crippen LogP contribution in [-0.2, 0) is 9.53 Å². The number of anilines is 2. The van der Waals surface area contributed by atoms with Gasteiger partial charge < -0.3 is 10.1 Å². The highest BCUT2D eigenvalue weighted by Crippen LogP contribution is 2.25. The smallest absolute Gasteiger partial charge is 0.358 e. The summed E-state index contributed by atoms with van der Waals surface area (Å²) < 4.78 is 5.01. The van der Waals surface area contributed by atoms with Crippen LogP contribution in [0.15, 0.2) is 47.7 Å². The molecule has 0 aliphatic rings. The summed E-state index contributed by atoms with van der Waals surface area (Å²) in [7, 11) is 0. The summed E-state index contributed by atoms with van der Waals surface area (Å²) in [4.78, 5) is 32.5. The number of aromatic nitrogens is 2. The molecule has 3 rings (SSSR count). The second-order valence-electron chi connectivity index (χ2n) is 5.74. The number of benzene rings is 1. The number of aryl methyl sites for hydroxylation is 1. The minimum absolute atomic E-state index is 0.153. The van der Waals surface area contributed by atoms with E-state index in [0.717, 1.165) is 16.8 Å². The van der Waals surface area contributed by atoms with Crippen molar-refractivity contribution in [1.29, 1.82) is 0 Å². The summed E-state index contributed by atoms with van der Waals surface area (Å²) in [5.41, 5.74) is 3.07. The monoisotopic (exact) mass is 414 g/mol. The van der Waals surface area contributed by atoms with Crippen molar-refractivity contribution < 1.29 is 14.3 Å². The number of nitrogens with zero attached hydrogens (tertiary/aromatic N) is 2. The van der Waals surface area contributed by atoms with Gasteiger partial charge in [0.1, 0.15) is 0 Å². The van der Waals surface area contributed by atoms with Crippen LogP contribution >= 0.6 is 22.7 Å². The first-order valence-electron chi connectivity index (χ1n) is 8.35. The molecule has 0 unspecified atom stereocenters. The number of hydrogen-bond donors (Lipinski definition) is 2. The van der Waals surface area contributed by atoms with Crippen LogP contribution in [0.2, 0.25) is 0 Å². The van der Waals surface area contributed by atoms with E-state index in [4.69, 9.17) is 4.74 Å². The maximum atomic E-state index is 12.0. The fourth-order valence-corrected chi connectivity index (χ4v) is 3.58. The zero-order chi connectivity index (χ0) is 19.9. The summed E-state index contributed by atoms with van der Waals surface area (Å²) in [6.07, 6.45) is 1.69. The highest BCUT2D eigenvalue weighted by Gasteiger charge is 2.15. The Kier molecular flexibility index (Phi) is 6.51. The van der Waals surface area contributed by atoms with Crippen LogP contribution in [0.25, 0.3) is 11.3 Å². The lowest BCUT2D eigenvalue weighted by atomic mass is 10.1. The molecule has 28 heavy (non-hydrogen) atoms. The van der Waals surface area contributed by atoms with Crippen LogP contribution in [0.1, 0.15) is 16.1 Å². The Labute approximate surface area is 170 Å². The molecule has 7 nitrogen and oxygen atoms in total. The zero-order valence-corrected chi connectivity index (χ0v) is 16.7. The number of thiazole rings is 2. The predicted octanol–water partition coefficient (Wildman–Crippen LogP) is 3.97. The maximum Gasteiger partial charge on any atom is 0.358 e. The summed E-state index contributed by atoms with van der Waals surface area (Å²) in [5.74, 6) is -1.11. The number of rotatable bonds is 8.